The van der Waals surface area contributed by atoms with Gasteiger partial charge >= 0.3 is 72.4 Å². The molecule has 0 N–H and O–H groups in total. The van der Waals surface area contributed by atoms with Crippen LogP contribution in [0.2, 0.25) is 0 Å². The summed E-state index contributed by atoms with van der Waals surface area (Å²) in [5, 5.41) is 8.39. The fourth-order valence-corrected chi connectivity index (χ4v) is 9.86. The van der Waals surface area contributed by atoms with Crippen molar-refractivity contribution in [2.45, 2.75) is 6.18 Å². The molecule has 0 heterocycles. The van der Waals surface area contributed by atoms with Crippen LogP contribution in [-0.2, 0) is 25.4 Å². The van der Waals surface area contributed by atoms with Gasteiger partial charge < -0.3 is 0 Å². The molecule has 0 fully saturated rings. The fourth-order valence-electron chi connectivity index (χ4n) is 4.99. The van der Waals surface area contributed by atoms with Crippen molar-refractivity contribution in [3.8, 4) is 0 Å². The van der Waals surface area contributed by atoms with Crippen molar-refractivity contribution in [3.05, 3.63) is 212 Å². The predicted octanol–water partition coefficient (Wildman–Crippen LogP) is 8.77. The Kier molecular flexibility index (Phi) is 13.7. The van der Waals surface area contributed by atoms with E-state index in [2.05, 4.69) is 201 Å². The topological polar surface area (TPSA) is 0 Å². The molecule has 0 aromatic heterocycles. The van der Waals surface area contributed by atoms with E-state index in [0.29, 0.717) is 4.04 Å². The number of alkyl halides is 3. The second kappa shape index (κ2) is 18.6. The molecule has 0 aliphatic carbocycles. The van der Waals surface area contributed by atoms with Gasteiger partial charge in [-0.1, -0.05) is 182 Å². The first-order valence-corrected chi connectivity index (χ1v) is 19.1. The average molecular weight is 776 g/mol. The molecule has 7 aromatic rings. The Morgan fingerprint density at radius 1 is 0.306 bits per heavy atom. The first kappa shape index (κ1) is 36.1. The molecule has 0 saturated heterocycles. The molecule has 0 saturated carbocycles. The van der Waals surface area contributed by atoms with Gasteiger partial charge in [0.15, 0.2) is 0 Å². The molecule has 0 bridgehead atoms. The summed E-state index contributed by atoms with van der Waals surface area (Å²) < 4.78 is 36.4. The van der Waals surface area contributed by atoms with E-state index in [-0.39, 0.29) is 0 Å². The fraction of sp³-hybridized carbons (Fsp3) is 0.0233. The van der Waals surface area contributed by atoms with E-state index in [9.17, 15) is 13.2 Å². The zero-order chi connectivity index (χ0) is 34.3. The maximum atomic E-state index is 11.9. The number of halogens is 3. The van der Waals surface area contributed by atoms with E-state index in [1.807, 2.05) is 0 Å². The molecule has 0 radical (unpaired) electrons. The van der Waals surface area contributed by atoms with Crippen molar-refractivity contribution < 1.29 is 32.4 Å². The van der Waals surface area contributed by atoms with E-state index in [1.54, 1.807) is 0 Å². The monoisotopic (exact) mass is 775 g/mol. The van der Waals surface area contributed by atoms with Crippen LogP contribution in [0, 0.1) is 0 Å². The Morgan fingerprint density at radius 3 is 0.694 bits per heavy atom. The second-order valence-corrected chi connectivity index (χ2v) is 16.0. The minimum absolute atomic E-state index is 0.446. The van der Waals surface area contributed by atoms with Crippen molar-refractivity contribution in [2.75, 3.05) is 0 Å². The molecule has 7 aromatic carbocycles. The van der Waals surface area contributed by atoms with Gasteiger partial charge in [-0.05, 0) is 47.7 Å². The average Bonchev–Trinajstić information content (AvgIpc) is 3.15. The van der Waals surface area contributed by atoms with Crippen molar-refractivity contribution in [1.82, 2.24) is 0 Å². The Bertz CT molecular complexity index is 1620. The van der Waals surface area contributed by atoms with Gasteiger partial charge in [0, 0.05) is 0 Å². The second-order valence-electron chi connectivity index (χ2n) is 10.7. The third-order valence-electron chi connectivity index (χ3n) is 7.24. The van der Waals surface area contributed by atoms with Gasteiger partial charge in [-0.2, -0.15) is 0 Å². The number of hydrogen-bond acceptors (Lipinski definition) is 0. The van der Waals surface area contributed by atoms with E-state index >= 15 is 0 Å². The maximum absolute atomic E-state index is 11.9. The van der Waals surface area contributed by atoms with Crippen molar-refractivity contribution >= 4 is 51.7 Å². The molecule has 0 amide bonds. The Labute approximate surface area is 300 Å². The zero-order valence-electron chi connectivity index (χ0n) is 26.5. The largest absolute Gasteiger partial charge is 0.0622 e. The van der Waals surface area contributed by atoms with Crippen LogP contribution in [0.25, 0.3) is 0 Å². The first-order valence-electron chi connectivity index (χ1n) is 15.6. The van der Waals surface area contributed by atoms with E-state index < -0.39 is 27.6 Å². The van der Waals surface area contributed by atoms with Gasteiger partial charge in [0.25, 0.3) is 0 Å². The van der Waals surface area contributed by atoms with E-state index in [4.69, 9.17) is 0 Å². The Balaban J connectivity index is 0.000000149. The molecule has 0 spiro atoms. The summed E-state index contributed by atoms with van der Waals surface area (Å²) >= 11 is 2.79. The van der Waals surface area contributed by atoms with Crippen LogP contribution in [0.3, 0.4) is 0 Å². The predicted molar refractivity (Wildman–Crippen MR) is 201 cm³/mol. The van der Waals surface area contributed by atoms with Crippen molar-refractivity contribution in [1.29, 1.82) is 0 Å². The number of hydrogen-bond donors (Lipinski definition) is 0. The minimum Gasteiger partial charge on any atom is -0.0622 e. The van der Waals surface area contributed by atoms with Crippen molar-refractivity contribution in [2.24, 2.45) is 0 Å². The molecule has 0 aliphatic rings. The van der Waals surface area contributed by atoms with Crippen LogP contribution in [0.1, 0.15) is 5.56 Å². The maximum Gasteiger partial charge on any atom is -0.0134 e. The molecule has 6 heteroatoms. The van der Waals surface area contributed by atoms with Crippen LogP contribution in [0.15, 0.2) is 206 Å². The Hall–Kier alpha value is -4.15. The molecule has 247 valence electrons. The van der Waals surface area contributed by atoms with Crippen LogP contribution < -0.4 is 35.9 Å². The molecular formula is C43H34F3P2Pd. The molecule has 0 unspecified atom stereocenters. The van der Waals surface area contributed by atoms with Crippen LogP contribution in [0.5, 0.6) is 0 Å². The SMILES string of the molecule is FC(F)(F)c1cc[c]([Pd])cc1.c1ccc(P(c2ccccc2)c2ccccc2)cc1.c1ccc(P(c2ccccc2)c2ccccc2)cc1. The third kappa shape index (κ3) is 10.9. The zero-order valence-corrected chi connectivity index (χ0v) is 29.8. The number of rotatable bonds is 6. The van der Waals surface area contributed by atoms with E-state index in [0.717, 1.165) is 12.1 Å². The smallest absolute Gasteiger partial charge is 0.0134 e. The first-order chi connectivity index (χ1) is 23.9. The van der Waals surface area contributed by atoms with E-state index in [1.165, 1.54) is 44.0 Å². The van der Waals surface area contributed by atoms with Gasteiger partial charge in [0.1, 0.15) is 0 Å². The van der Waals surface area contributed by atoms with Gasteiger partial charge in [-0.3, -0.25) is 0 Å². The van der Waals surface area contributed by atoms with Crippen LogP contribution in [0.4, 0.5) is 13.2 Å². The molecule has 7 rings (SSSR count). The Morgan fingerprint density at radius 2 is 0.510 bits per heavy atom. The van der Waals surface area contributed by atoms with Crippen LogP contribution in [-0.4, -0.2) is 0 Å². The quantitative estimate of drug-likeness (QED) is 0.117. The summed E-state index contributed by atoms with van der Waals surface area (Å²) in [5.41, 5.74) is -0.618. The molecule has 0 nitrogen and oxygen atoms in total. The standard InChI is InChI=1S/2C18H15P.C7H4F3.Pd/c2*1-4-10-16(11-5-1)19(17-12-6-2-7-13-17)18-14-8-3-9-15-18;8-7(9,10)6-4-2-1-3-5-6;/h2*1-15H;2-5H;. The molecule has 0 atom stereocenters. The molecule has 0 aliphatic heterocycles. The van der Waals surface area contributed by atoms with Gasteiger partial charge in [0.2, 0.25) is 0 Å². The molecule has 49 heavy (non-hydrogen) atoms. The summed E-state index contributed by atoms with van der Waals surface area (Å²) in [5.74, 6) is 0. The number of benzene rings is 7. The summed E-state index contributed by atoms with van der Waals surface area (Å²) in [4.78, 5) is 0. The molecular weight excluding hydrogens is 742 g/mol. The summed E-state index contributed by atoms with van der Waals surface area (Å²) in [7, 11) is -0.892. The third-order valence-corrected chi connectivity index (χ3v) is 12.6. The van der Waals surface area contributed by atoms with Gasteiger partial charge in [-0.15, -0.1) is 0 Å². The van der Waals surface area contributed by atoms with Crippen LogP contribution >= 0.6 is 15.8 Å². The minimum atomic E-state index is -4.23. The summed E-state index contributed by atoms with van der Waals surface area (Å²) in [6.45, 7) is 0. The normalized spacial score (nSPS) is 10.8. The van der Waals surface area contributed by atoms with Gasteiger partial charge in [0.05, 0.1) is 0 Å². The van der Waals surface area contributed by atoms with Gasteiger partial charge in [-0.25, -0.2) is 0 Å². The summed E-state index contributed by atoms with van der Waals surface area (Å²) in [6.07, 6.45) is -4.23. The summed E-state index contributed by atoms with van der Waals surface area (Å²) in [6, 6.07) is 69.5. The van der Waals surface area contributed by atoms with Crippen molar-refractivity contribution in [3.63, 3.8) is 0 Å².